The number of nitrogens with zero attached hydrogens (tertiary/aromatic N) is 4. The largest absolute Gasteiger partial charge is 0.370 e. The molecule has 156 valence electrons. The minimum atomic E-state index is -0.690. The van der Waals surface area contributed by atoms with Crippen molar-refractivity contribution in [2.45, 2.75) is 19.3 Å². The third kappa shape index (κ3) is 3.79. The lowest BCUT2D eigenvalue weighted by atomic mass is 10.1. The molecule has 0 saturated carbocycles. The number of nitrogens with one attached hydrogen (secondary N) is 1. The van der Waals surface area contributed by atoms with Crippen LogP contribution < -0.4 is 10.2 Å². The maximum atomic E-state index is 14.3. The number of para-hydroxylation sites is 1. The Morgan fingerprint density at radius 1 is 0.839 bits per heavy atom. The van der Waals surface area contributed by atoms with Crippen molar-refractivity contribution in [2.75, 3.05) is 23.3 Å². The van der Waals surface area contributed by atoms with Crippen LogP contribution >= 0.6 is 0 Å². The molecule has 3 heterocycles. The first-order chi connectivity index (χ1) is 15.2. The van der Waals surface area contributed by atoms with E-state index in [1.54, 1.807) is 18.6 Å². The lowest BCUT2D eigenvalue weighted by molar-refractivity contribution is 0.578. The van der Waals surface area contributed by atoms with Crippen molar-refractivity contribution in [3.8, 4) is 11.4 Å². The van der Waals surface area contributed by atoms with E-state index in [1.807, 2.05) is 24.3 Å². The first-order valence-electron chi connectivity index (χ1n) is 10.4. The summed E-state index contributed by atoms with van der Waals surface area (Å²) in [6.45, 7) is 2.01. The molecule has 1 aliphatic rings. The summed E-state index contributed by atoms with van der Waals surface area (Å²) < 4.78 is 28.6. The monoisotopic (exact) mass is 417 g/mol. The number of hydrogen-bond acceptors (Lipinski definition) is 5. The average molecular weight is 417 g/mol. The van der Waals surface area contributed by atoms with E-state index in [0.29, 0.717) is 5.52 Å². The average Bonchev–Trinajstić information content (AvgIpc) is 2.80. The molecule has 5 rings (SSSR count). The van der Waals surface area contributed by atoms with Gasteiger partial charge in [0.25, 0.3) is 0 Å². The Morgan fingerprint density at radius 2 is 1.61 bits per heavy atom. The van der Waals surface area contributed by atoms with Gasteiger partial charge in [-0.1, -0.05) is 18.2 Å². The van der Waals surface area contributed by atoms with Crippen LogP contribution in [0.3, 0.4) is 0 Å². The highest BCUT2D eigenvalue weighted by molar-refractivity contribution is 5.93. The zero-order valence-electron chi connectivity index (χ0n) is 16.9. The number of anilines is 3. The highest BCUT2D eigenvalue weighted by atomic mass is 19.1. The second-order valence-corrected chi connectivity index (χ2v) is 7.60. The van der Waals surface area contributed by atoms with E-state index in [-0.39, 0.29) is 11.4 Å². The van der Waals surface area contributed by atoms with E-state index in [0.717, 1.165) is 35.5 Å². The third-order valence-corrected chi connectivity index (χ3v) is 5.56. The normalized spacial score (nSPS) is 14.1. The molecule has 0 amide bonds. The molecule has 2 aromatic heterocycles. The molecule has 0 bridgehead atoms. The number of benzene rings is 2. The van der Waals surface area contributed by atoms with Crippen LogP contribution in [0.15, 0.2) is 61.1 Å². The lowest BCUT2D eigenvalue weighted by Crippen LogP contribution is -2.29. The van der Waals surface area contributed by atoms with Gasteiger partial charge in [0.15, 0.2) is 5.82 Å². The first kappa shape index (κ1) is 19.4. The molecule has 0 spiro atoms. The summed E-state index contributed by atoms with van der Waals surface area (Å²) in [6.07, 6.45) is 8.76. The van der Waals surface area contributed by atoms with Crippen LogP contribution in [0.25, 0.3) is 22.3 Å². The van der Waals surface area contributed by atoms with Crippen molar-refractivity contribution >= 4 is 28.0 Å². The Morgan fingerprint density at radius 3 is 2.42 bits per heavy atom. The molecule has 0 aliphatic carbocycles. The molecular weight excluding hydrogens is 396 g/mol. The standard InChI is InChI=1S/C24H21F2N5/c25-17-7-5-8-18(26)22(17)24-28-14-16-6-4-9-19(23(16)30-24)29-20-15-27-11-10-21(20)31-12-2-1-3-13-31/h4-11,14-15,29H,1-3,12-13H2. The Hall–Kier alpha value is -3.61. The van der Waals surface area contributed by atoms with Crippen molar-refractivity contribution in [3.63, 3.8) is 0 Å². The fourth-order valence-corrected chi connectivity index (χ4v) is 4.03. The van der Waals surface area contributed by atoms with E-state index in [4.69, 9.17) is 0 Å². The van der Waals surface area contributed by atoms with Gasteiger partial charge in [-0.15, -0.1) is 0 Å². The number of aromatic nitrogens is 3. The van der Waals surface area contributed by atoms with E-state index >= 15 is 0 Å². The van der Waals surface area contributed by atoms with Gasteiger partial charge in [0, 0.05) is 30.9 Å². The van der Waals surface area contributed by atoms with Crippen LogP contribution in [0.4, 0.5) is 25.8 Å². The van der Waals surface area contributed by atoms with Crippen LogP contribution in [0.1, 0.15) is 19.3 Å². The summed E-state index contributed by atoms with van der Waals surface area (Å²) in [4.78, 5) is 15.4. The molecule has 1 saturated heterocycles. The lowest BCUT2D eigenvalue weighted by Gasteiger charge is -2.30. The summed E-state index contributed by atoms with van der Waals surface area (Å²) in [5.41, 5.74) is 3.04. The second kappa shape index (κ2) is 8.26. The van der Waals surface area contributed by atoms with Crippen molar-refractivity contribution in [1.29, 1.82) is 0 Å². The van der Waals surface area contributed by atoms with E-state index in [2.05, 4.69) is 25.2 Å². The van der Waals surface area contributed by atoms with Crippen LogP contribution in [-0.2, 0) is 0 Å². The van der Waals surface area contributed by atoms with Crippen molar-refractivity contribution in [2.24, 2.45) is 0 Å². The highest BCUT2D eigenvalue weighted by Gasteiger charge is 2.17. The zero-order valence-corrected chi connectivity index (χ0v) is 16.9. The number of halogens is 2. The van der Waals surface area contributed by atoms with Gasteiger partial charge in [0.1, 0.15) is 11.6 Å². The molecule has 7 heteroatoms. The molecule has 4 aromatic rings. The Balaban J connectivity index is 1.57. The van der Waals surface area contributed by atoms with E-state index < -0.39 is 11.6 Å². The van der Waals surface area contributed by atoms with Crippen LogP contribution in [0.5, 0.6) is 0 Å². The molecule has 0 atom stereocenters. The van der Waals surface area contributed by atoms with Gasteiger partial charge >= 0.3 is 0 Å². The quantitative estimate of drug-likeness (QED) is 0.461. The Kier molecular flexibility index (Phi) is 5.16. The summed E-state index contributed by atoms with van der Waals surface area (Å²) in [6, 6.07) is 11.4. The highest BCUT2D eigenvalue weighted by Crippen LogP contribution is 2.33. The number of fused-ring (bicyclic) bond motifs is 1. The molecule has 1 fully saturated rings. The SMILES string of the molecule is Fc1cccc(F)c1-c1ncc2cccc(Nc3cnccc3N3CCCCC3)c2n1. The molecule has 31 heavy (non-hydrogen) atoms. The molecular formula is C24H21F2N5. The van der Waals surface area contributed by atoms with E-state index in [9.17, 15) is 8.78 Å². The van der Waals surface area contributed by atoms with Gasteiger partial charge in [-0.05, 0) is 43.5 Å². The minimum Gasteiger partial charge on any atom is -0.370 e. The second-order valence-electron chi connectivity index (χ2n) is 7.60. The molecule has 1 N–H and O–H groups in total. The van der Waals surface area contributed by atoms with Gasteiger partial charge in [0.2, 0.25) is 0 Å². The summed E-state index contributed by atoms with van der Waals surface area (Å²) in [7, 11) is 0. The molecule has 5 nitrogen and oxygen atoms in total. The predicted molar refractivity (Wildman–Crippen MR) is 118 cm³/mol. The Bertz CT molecular complexity index is 1220. The van der Waals surface area contributed by atoms with Crippen molar-refractivity contribution < 1.29 is 8.78 Å². The molecule has 2 aromatic carbocycles. The van der Waals surface area contributed by atoms with Crippen molar-refractivity contribution in [3.05, 3.63) is 72.7 Å². The summed E-state index contributed by atoms with van der Waals surface area (Å²) in [5.74, 6) is -1.37. The molecule has 0 unspecified atom stereocenters. The maximum Gasteiger partial charge on any atom is 0.165 e. The van der Waals surface area contributed by atoms with Gasteiger partial charge < -0.3 is 10.2 Å². The number of pyridine rings is 1. The number of hydrogen-bond donors (Lipinski definition) is 1. The fraction of sp³-hybridized carbons (Fsp3) is 0.208. The zero-order chi connectivity index (χ0) is 21.2. The van der Waals surface area contributed by atoms with Gasteiger partial charge in [0.05, 0.1) is 34.3 Å². The topological polar surface area (TPSA) is 53.9 Å². The third-order valence-electron chi connectivity index (χ3n) is 5.56. The van der Waals surface area contributed by atoms with Gasteiger partial charge in [-0.25, -0.2) is 18.7 Å². The molecule has 1 aliphatic heterocycles. The van der Waals surface area contributed by atoms with Crippen LogP contribution in [0.2, 0.25) is 0 Å². The van der Waals surface area contributed by atoms with Gasteiger partial charge in [-0.3, -0.25) is 4.98 Å². The predicted octanol–water partition coefficient (Wildman–Crippen LogP) is 5.70. The maximum absolute atomic E-state index is 14.3. The smallest absolute Gasteiger partial charge is 0.165 e. The summed E-state index contributed by atoms with van der Waals surface area (Å²) in [5, 5.41) is 4.21. The summed E-state index contributed by atoms with van der Waals surface area (Å²) >= 11 is 0. The van der Waals surface area contributed by atoms with Crippen LogP contribution in [0, 0.1) is 11.6 Å². The minimum absolute atomic E-state index is 0.0137. The Labute approximate surface area is 178 Å². The van der Waals surface area contributed by atoms with E-state index in [1.165, 1.54) is 37.5 Å². The first-order valence-corrected chi connectivity index (χ1v) is 10.4. The van der Waals surface area contributed by atoms with Crippen LogP contribution in [-0.4, -0.2) is 28.0 Å². The van der Waals surface area contributed by atoms with Gasteiger partial charge in [-0.2, -0.15) is 0 Å². The number of rotatable bonds is 4. The van der Waals surface area contributed by atoms with Crippen molar-refractivity contribution in [1.82, 2.24) is 15.0 Å². The fourth-order valence-electron chi connectivity index (χ4n) is 4.03. The molecule has 0 radical (unpaired) electrons. The number of piperidine rings is 1.